The standard InChI is InChI=1S/C24H20ClN5O2/c1-2-31-17-10-11-18-21(13-17)30-24(19(14-26)22(18)27)29-15-6-8-16(9-7-15)32-23(25)20-5-3-4-12-28-20/h3-13,23H,2H2,1H3,(H3,27,29,30). The van der Waals surface area contributed by atoms with Gasteiger partial charge in [-0.1, -0.05) is 17.7 Å². The van der Waals surface area contributed by atoms with Crippen molar-refractivity contribution >= 4 is 39.7 Å². The second kappa shape index (κ2) is 9.41. The Labute approximate surface area is 190 Å². The minimum absolute atomic E-state index is 0.276. The van der Waals surface area contributed by atoms with Crippen LogP contribution in [0.4, 0.5) is 17.2 Å². The number of fused-ring (bicyclic) bond motifs is 1. The molecule has 0 aliphatic carbocycles. The van der Waals surface area contributed by atoms with Gasteiger partial charge in [0.15, 0.2) is 5.82 Å². The Morgan fingerprint density at radius 3 is 2.59 bits per heavy atom. The van der Waals surface area contributed by atoms with Crippen LogP contribution in [0.3, 0.4) is 0 Å². The van der Waals surface area contributed by atoms with Crippen molar-refractivity contribution in [2.24, 2.45) is 0 Å². The number of hydrogen-bond donors (Lipinski definition) is 2. The van der Waals surface area contributed by atoms with E-state index in [2.05, 4.69) is 21.4 Å². The maximum Gasteiger partial charge on any atom is 0.214 e. The molecule has 0 bridgehead atoms. The summed E-state index contributed by atoms with van der Waals surface area (Å²) < 4.78 is 11.3. The van der Waals surface area contributed by atoms with Gasteiger partial charge < -0.3 is 20.5 Å². The summed E-state index contributed by atoms with van der Waals surface area (Å²) in [6.45, 7) is 2.45. The molecule has 4 aromatic rings. The van der Waals surface area contributed by atoms with E-state index < -0.39 is 5.56 Å². The van der Waals surface area contributed by atoms with Gasteiger partial charge in [0.05, 0.1) is 23.5 Å². The number of benzene rings is 2. The van der Waals surface area contributed by atoms with Crippen LogP contribution < -0.4 is 20.5 Å². The number of pyridine rings is 2. The van der Waals surface area contributed by atoms with E-state index in [1.807, 2.05) is 31.2 Å². The molecule has 8 heteroatoms. The van der Waals surface area contributed by atoms with Crippen molar-refractivity contribution < 1.29 is 9.47 Å². The van der Waals surface area contributed by atoms with Crippen LogP contribution in [-0.4, -0.2) is 16.6 Å². The molecule has 0 saturated carbocycles. The molecule has 1 unspecified atom stereocenters. The number of alkyl halides is 1. The molecule has 0 saturated heterocycles. The number of nitrogens with one attached hydrogen (secondary N) is 1. The first kappa shape index (κ1) is 21.2. The summed E-state index contributed by atoms with van der Waals surface area (Å²) in [5.41, 5.74) is 8.16. The molecule has 0 fully saturated rings. The fraction of sp³-hybridized carbons (Fsp3) is 0.125. The lowest BCUT2D eigenvalue weighted by atomic mass is 10.1. The molecule has 2 heterocycles. The van der Waals surface area contributed by atoms with Gasteiger partial charge in [-0.25, -0.2) is 4.98 Å². The highest BCUT2D eigenvalue weighted by Crippen LogP contribution is 2.33. The fourth-order valence-corrected chi connectivity index (χ4v) is 3.41. The predicted molar refractivity (Wildman–Crippen MR) is 125 cm³/mol. The second-order valence-electron chi connectivity index (χ2n) is 6.81. The van der Waals surface area contributed by atoms with Crippen LogP contribution in [0.2, 0.25) is 0 Å². The maximum absolute atomic E-state index is 9.65. The zero-order valence-electron chi connectivity index (χ0n) is 17.2. The molecule has 2 aromatic carbocycles. The molecule has 2 aromatic heterocycles. The van der Waals surface area contributed by atoms with Crippen molar-refractivity contribution in [1.82, 2.24) is 9.97 Å². The van der Waals surface area contributed by atoms with E-state index in [1.54, 1.807) is 42.6 Å². The maximum atomic E-state index is 9.65. The first-order chi connectivity index (χ1) is 15.6. The lowest BCUT2D eigenvalue weighted by Crippen LogP contribution is -2.04. The van der Waals surface area contributed by atoms with Crippen LogP contribution in [0.15, 0.2) is 66.9 Å². The molecule has 32 heavy (non-hydrogen) atoms. The SMILES string of the molecule is CCOc1ccc2c(N)c(C#N)c(Nc3ccc(OC(Cl)c4ccccn4)cc3)nc2c1. The lowest BCUT2D eigenvalue weighted by Gasteiger charge is -2.14. The van der Waals surface area contributed by atoms with Crippen molar-refractivity contribution in [2.75, 3.05) is 17.7 Å². The van der Waals surface area contributed by atoms with Crippen LogP contribution in [-0.2, 0) is 0 Å². The van der Waals surface area contributed by atoms with Gasteiger partial charge in [-0.2, -0.15) is 5.26 Å². The summed E-state index contributed by atoms with van der Waals surface area (Å²) in [5, 5.41) is 13.5. The number of ether oxygens (including phenoxy) is 2. The summed E-state index contributed by atoms with van der Waals surface area (Å²) in [6, 6.07) is 20.2. The van der Waals surface area contributed by atoms with Crippen molar-refractivity contribution in [2.45, 2.75) is 12.5 Å². The first-order valence-corrected chi connectivity index (χ1v) is 10.4. The minimum Gasteiger partial charge on any atom is -0.494 e. The summed E-state index contributed by atoms with van der Waals surface area (Å²) in [4.78, 5) is 8.79. The van der Waals surface area contributed by atoms with Crippen LogP contribution in [0.5, 0.6) is 11.5 Å². The third-order valence-corrected chi connectivity index (χ3v) is 5.01. The number of anilines is 3. The smallest absolute Gasteiger partial charge is 0.214 e. The third-order valence-electron chi connectivity index (χ3n) is 4.70. The van der Waals surface area contributed by atoms with Crippen molar-refractivity contribution in [3.05, 3.63) is 78.1 Å². The number of nitriles is 1. The molecule has 160 valence electrons. The molecule has 4 rings (SSSR count). The molecule has 0 aliphatic rings. The number of aromatic nitrogens is 2. The van der Waals surface area contributed by atoms with Gasteiger partial charge >= 0.3 is 0 Å². The Balaban J connectivity index is 1.58. The zero-order chi connectivity index (χ0) is 22.5. The number of nitrogen functional groups attached to an aromatic ring is 1. The van der Waals surface area contributed by atoms with Gasteiger partial charge in [-0.15, -0.1) is 0 Å². The van der Waals surface area contributed by atoms with E-state index in [1.165, 1.54) is 0 Å². The summed E-state index contributed by atoms with van der Waals surface area (Å²) in [6.07, 6.45) is 1.66. The topological polar surface area (TPSA) is 106 Å². The summed E-state index contributed by atoms with van der Waals surface area (Å²) in [7, 11) is 0. The van der Waals surface area contributed by atoms with E-state index >= 15 is 0 Å². The fourth-order valence-electron chi connectivity index (χ4n) is 3.17. The molecular weight excluding hydrogens is 426 g/mol. The van der Waals surface area contributed by atoms with E-state index in [9.17, 15) is 5.26 Å². The average molecular weight is 446 g/mol. The van der Waals surface area contributed by atoms with Crippen molar-refractivity contribution in [1.29, 1.82) is 5.26 Å². The molecular formula is C24H20ClN5O2. The van der Waals surface area contributed by atoms with Crippen LogP contribution in [0.25, 0.3) is 10.9 Å². The monoisotopic (exact) mass is 445 g/mol. The van der Waals surface area contributed by atoms with E-state index in [-0.39, 0.29) is 5.56 Å². The van der Waals surface area contributed by atoms with E-state index in [4.69, 9.17) is 26.8 Å². The molecule has 0 amide bonds. The quantitative estimate of drug-likeness (QED) is 0.359. The minimum atomic E-state index is -0.707. The largest absolute Gasteiger partial charge is 0.494 e. The van der Waals surface area contributed by atoms with Crippen molar-refractivity contribution in [3.63, 3.8) is 0 Å². The second-order valence-corrected chi connectivity index (χ2v) is 7.21. The Morgan fingerprint density at radius 1 is 1.12 bits per heavy atom. The van der Waals surface area contributed by atoms with E-state index in [0.29, 0.717) is 51.9 Å². The van der Waals surface area contributed by atoms with Gasteiger partial charge in [0, 0.05) is 23.3 Å². The zero-order valence-corrected chi connectivity index (χ0v) is 18.0. The summed E-state index contributed by atoms with van der Waals surface area (Å²) in [5.74, 6) is 1.63. The number of nitrogens with zero attached hydrogens (tertiary/aromatic N) is 3. The summed E-state index contributed by atoms with van der Waals surface area (Å²) >= 11 is 6.29. The number of rotatable bonds is 7. The number of nitrogens with two attached hydrogens (primary N) is 1. The Bertz CT molecular complexity index is 1270. The molecule has 0 spiro atoms. The van der Waals surface area contributed by atoms with E-state index in [0.717, 1.165) is 0 Å². The number of halogens is 1. The first-order valence-electron chi connectivity index (χ1n) is 9.94. The highest BCUT2D eigenvalue weighted by molar-refractivity contribution is 6.19. The highest BCUT2D eigenvalue weighted by Gasteiger charge is 2.15. The highest BCUT2D eigenvalue weighted by atomic mass is 35.5. The Kier molecular flexibility index (Phi) is 6.24. The van der Waals surface area contributed by atoms with Gasteiger partial charge in [0.25, 0.3) is 0 Å². The molecule has 0 radical (unpaired) electrons. The average Bonchev–Trinajstić information content (AvgIpc) is 2.81. The number of hydrogen-bond acceptors (Lipinski definition) is 7. The van der Waals surface area contributed by atoms with Gasteiger partial charge in [-0.3, -0.25) is 4.98 Å². The van der Waals surface area contributed by atoms with Gasteiger partial charge in [0.1, 0.15) is 23.1 Å². The Morgan fingerprint density at radius 2 is 1.91 bits per heavy atom. The van der Waals surface area contributed by atoms with Gasteiger partial charge in [0.2, 0.25) is 5.56 Å². The van der Waals surface area contributed by atoms with Crippen LogP contribution in [0, 0.1) is 11.3 Å². The molecule has 3 N–H and O–H groups in total. The van der Waals surface area contributed by atoms with Crippen LogP contribution in [0.1, 0.15) is 23.7 Å². The third kappa shape index (κ3) is 4.51. The normalized spacial score (nSPS) is 11.5. The predicted octanol–water partition coefficient (Wildman–Crippen LogP) is 5.54. The Hall–Kier alpha value is -4.02. The lowest BCUT2D eigenvalue weighted by molar-refractivity contribution is 0.283. The molecule has 1 atom stereocenters. The van der Waals surface area contributed by atoms with Gasteiger partial charge in [-0.05, 0) is 55.5 Å². The van der Waals surface area contributed by atoms with Crippen LogP contribution >= 0.6 is 11.6 Å². The molecule has 0 aliphatic heterocycles. The molecule has 7 nitrogen and oxygen atoms in total. The van der Waals surface area contributed by atoms with Crippen molar-refractivity contribution in [3.8, 4) is 17.6 Å².